The van der Waals surface area contributed by atoms with E-state index in [0.29, 0.717) is 18.4 Å². The van der Waals surface area contributed by atoms with Gasteiger partial charge in [-0.25, -0.2) is 4.98 Å². The van der Waals surface area contributed by atoms with Crippen LogP contribution >= 0.6 is 0 Å². The lowest BCUT2D eigenvalue weighted by atomic mass is 10.2. The number of hydrogen-bond acceptors (Lipinski definition) is 3. The summed E-state index contributed by atoms with van der Waals surface area (Å²) >= 11 is 0. The number of carbonyl (C=O) groups is 2. The van der Waals surface area contributed by atoms with Gasteiger partial charge >= 0.3 is 0 Å². The summed E-state index contributed by atoms with van der Waals surface area (Å²) in [5.74, 6) is -0.245. The molecule has 58 valence electrons. The molecule has 4 heteroatoms. The van der Waals surface area contributed by atoms with Gasteiger partial charge in [-0.05, 0) is 0 Å². The highest BCUT2D eigenvalue weighted by Crippen LogP contribution is 2.05. The zero-order chi connectivity index (χ0) is 8.27. The minimum absolute atomic E-state index is 0.481. The van der Waals surface area contributed by atoms with E-state index in [1.54, 1.807) is 24.0 Å². The summed E-state index contributed by atoms with van der Waals surface area (Å²) in [4.78, 5) is 24.5. The molecule has 0 bridgehead atoms. The van der Waals surface area contributed by atoms with Gasteiger partial charge in [0.15, 0.2) is 0 Å². The number of aromatic nitrogens is 2. The van der Waals surface area contributed by atoms with Crippen LogP contribution in [0, 0.1) is 0 Å². The van der Waals surface area contributed by atoms with Crippen LogP contribution in [0.4, 0.5) is 0 Å². The number of aryl methyl sites for hydroxylation is 1. The zero-order valence-corrected chi connectivity index (χ0v) is 6.10. The molecule has 0 spiro atoms. The van der Waals surface area contributed by atoms with Gasteiger partial charge in [-0.2, -0.15) is 0 Å². The molecule has 0 aromatic carbocycles. The van der Waals surface area contributed by atoms with Crippen molar-refractivity contribution in [2.75, 3.05) is 0 Å². The molecule has 1 heterocycles. The highest BCUT2D eigenvalue weighted by molar-refractivity contribution is 5.83. The highest BCUT2D eigenvalue weighted by Gasteiger charge is 2.12. The first-order chi connectivity index (χ1) is 5.29. The lowest BCUT2D eigenvalue weighted by molar-refractivity contribution is -0.116. The summed E-state index contributed by atoms with van der Waals surface area (Å²) in [5, 5.41) is 0. The van der Waals surface area contributed by atoms with Crippen LogP contribution in [-0.4, -0.2) is 22.1 Å². The fraction of sp³-hybridized carbons (Fsp3) is 0.286. The highest BCUT2D eigenvalue weighted by atomic mass is 16.1. The molecule has 1 aromatic rings. The monoisotopic (exact) mass is 152 g/mol. The quantitative estimate of drug-likeness (QED) is 0.449. The van der Waals surface area contributed by atoms with Crippen LogP contribution in [0.2, 0.25) is 0 Å². The molecule has 0 fully saturated rings. The SMILES string of the molecule is Cn1ccnc1C(C=O)C=O. The zero-order valence-electron chi connectivity index (χ0n) is 6.10. The molecule has 0 aliphatic rings. The van der Waals surface area contributed by atoms with Gasteiger partial charge < -0.3 is 14.2 Å². The smallest absolute Gasteiger partial charge is 0.137 e. The van der Waals surface area contributed by atoms with Crippen LogP contribution in [0.5, 0.6) is 0 Å². The van der Waals surface area contributed by atoms with Crippen LogP contribution in [0.15, 0.2) is 12.4 Å². The number of carbonyl (C=O) groups excluding carboxylic acids is 2. The molecule has 0 saturated heterocycles. The second-order valence-electron chi connectivity index (χ2n) is 2.19. The van der Waals surface area contributed by atoms with E-state index in [1.807, 2.05) is 0 Å². The van der Waals surface area contributed by atoms with Crippen LogP contribution in [0.1, 0.15) is 11.7 Å². The second-order valence-corrected chi connectivity index (χ2v) is 2.19. The Hall–Kier alpha value is -1.45. The van der Waals surface area contributed by atoms with Gasteiger partial charge in [0.2, 0.25) is 0 Å². The van der Waals surface area contributed by atoms with Crippen LogP contribution in [-0.2, 0) is 16.6 Å². The van der Waals surface area contributed by atoms with Crippen molar-refractivity contribution < 1.29 is 9.59 Å². The average molecular weight is 152 g/mol. The molecule has 4 nitrogen and oxygen atoms in total. The molecule has 0 saturated carbocycles. The molecule has 0 aliphatic heterocycles. The van der Waals surface area contributed by atoms with Crippen molar-refractivity contribution in [2.45, 2.75) is 5.92 Å². The van der Waals surface area contributed by atoms with Crippen LogP contribution < -0.4 is 0 Å². The second kappa shape index (κ2) is 3.09. The molecule has 1 aromatic heterocycles. The van der Waals surface area contributed by atoms with Crippen molar-refractivity contribution in [3.63, 3.8) is 0 Å². The summed E-state index contributed by atoms with van der Waals surface area (Å²) in [6.45, 7) is 0. The van der Waals surface area contributed by atoms with Crippen molar-refractivity contribution in [2.24, 2.45) is 7.05 Å². The lowest BCUT2D eigenvalue weighted by Crippen LogP contribution is -2.08. The third kappa shape index (κ3) is 1.34. The minimum atomic E-state index is -0.727. The first kappa shape index (κ1) is 7.65. The van der Waals surface area contributed by atoms with Crippen LogP contribution in [0.3, 0.4) is 0 Å². The first-order valence-corrected chi connectivity index (χ1v) is 3.17. The molecular weight excluding hydrogens is 144 g/mol. The summed E-state index contributed by atoms with van der Waals surface area (Å²) in [6.07, 6.45) is 4.40. The summed E-state index contributed by atoms with van der Waals surface area (Å²) in [5.41, 5.74) is 0. The molecule has 0 amide bonds. The van der Waals surface area contributed by atoms with Crippen molar-refractivity contribution in [3.05, 3.63) is 18.2 Å². The minimum Gasteiger partial charge on any atom is -0.337 e. The van der Waals surface area contributed by atoms with E-state index in [-0.39, 0.29) is 0 Å². The Morgan fingerprint density at radius 3 is 2.55 bits per heavy atom. The number of imidazole rings is 1. The Bertz CT molecular complexity index is 259. The van der Waals surface area contributed by atoms with Gasteiger partial charge in [0.25, 0.3) is 0 Å². The van der Waals surface area contributed by atoms with Gasteiger partial charge in [-0.1, -0.05) is 0 Å². The third-order valence-electron chi connectivity index (χ3n) is 1.45. The van der Waals surface area contributed by atoms with E-state index in [1.165, 1.54) is 0 Å². The Morgan fingerprint density at radius 1 is 1.55 bits per heavy atom. The maximum absolute atomic E-state index is 10.3. The Balaban J connectivity index is 2.98. The fourth-order valence-corrected chi connectivity index (χ4v) is 0.852. The molecule has 0 aliphatic carbocycles. The Labute approximate surface area is 63.9 Å². The molecule has 0 unspecified atom stereocenters. The van der Waals surface area contributed by atoms with Crippen molar-refractivity contribution in [1.29, 1.82) is 0 Å². The molecule has 11 heavy (non-hydrogen) atoms. The Morgan fingerprint density at radius 2 is 2.18 bits per heavy atom. The molecule has 0 atom stereocenters. The Kier molecular flexibility index (Phi) is 2.15. The molecule has 0 radical (unpaired) electrons. The predicted molar refractivity (Wildman–Crippen MR) is 38.1 cm³/mol. The van der Waals surface area contributed by atoms with Crippen molar-refractivity contribution in [1.82, 2.24) is 9.55 Å². The lowest BCUT2D eigenvalue weighted by Gasteiger charge is -2.00. The van der Waals surface area contributed by atoms with Crippen molar-refractivity contribution >= 4 is 12.6 Å². The van der Waals surface area contributed by atoms with E-state index in [2.05, 4.69) is 4.98 Å². The number of rotatable bonds is 3. The fourth-order valence-electron chi connectivity index (χ4n) is 0.852. The van der Waals surface area contributed by atoms with Gasteiger partial charge in [0.05, 0.1) is 0 Å². The molecule has 1 rings (SSSR count). The molecule has 0 N–H and O–H groups in total. The number of nitrogens with zero attached hydrogens (tertiary/aromatic N) is 2. The van der Waals surface area contributed by atoms with Gasteiger partial charge in [-0.3, -0.25) is 0 Å². The first-order valence-electron chi connectivity index (χ1n) is 3.17. The van der Waals surface area contributed by atoms with E-state index < -0.39 is 5.92 Å². The van der Waals surface area contributed by atoms with Gasteiger partial charge in [0.1, 0.15) is 24.3 Å². The maximum atomic E-state index is 10.3. The van der Waals surface area contributed by atoms with Gasteiger partial charge in [-0.15, -0.1) is 0 Å². The van der Waals surface area contributed by atoms with E-state index in [9.17, 15) is 9.59 Å². The van der Waals surface area contributed by atoms with E-state index >= 15 is 0 Å². The van der Waals surface area contributed by atoms with Crippen LogP contribution in [0.25, 0.3) is 0 Å². The predicted octanol–water partition coefficient (Wildman–Crippen LogP) is -0.0985. The largest absolute Gasteiger partial charge is 0.337 e. The number of hydrogen-bond donors (Lipinski definition) is 0. The summed E-state index contributed by atoms with van der Waals surface area (Å²) in [7, 11) is 1.74. The normalized spacial score (nSPS) is 10.0. The average Bonchev–Trinajstić information content (AvgIpc) is 2.40. The third-order valence-corrected chi connectivity index (χ3v) is 1.45. The summed E-state index contributed by atoms with van der Waals surface area (Å²) in [6, 6.07) is 0. The van der Waals surface area contributed by atoms with Gasteiger partial charge in [0, 0.05) is 19.4 Å². The number of aldehydes is 2. The molecular formula is C7H8N2O2. The van der Waals surface area contributed by atoms with E-state index in [0.717, 1.165) is 0 Å². The maximum Gasteiger partial charge on any atom is 0.137 e. The van der Waals surface area contributed by atoms with Crippen molar-refractivity contribution in [3.8, 4) is 0 Å². The van der Waals surface area contributed by atoms with E-state index in [4.69, 9.17) is 0 Å². The standard InChI is InChI=1S/C7H8N2O2/c1-9-3-2-8-7(9)6(4-10)5-11/h2-6H,1H3. The summed E-state index contributed by atoms with van der Waals surface area (Å²) < 4.78 is 1.65. The topological polar surface area (TPSA) is 52.0 Å².